The topological polar surface area (TPSA) is 55.4 Å². The predicted molar refractivity (Wildman–Crippen MR) is 142 cm³/mol. The normalized spacial score (nSPS) is 13.2. The lowest BCUT2D eigenvalue weighted by Crippen LogP contribution is -2.33. The van der Waals surface area contributed by atoms with Crippen molar-refractivity contribution in [2.75, 3.05) is 11.9 Å². The molecule has 1 atom stereocenters. The van der Waals surface area contributed by atoms with Gasteiger partial charge in [-0.1, -0.05) is 101 Å². The third-order valence-electron chi connectivity index (χ3n) is 6.27. The molecule has 0 saturated heterocycles. The van der Waals surface area contributed by atoms with Crippen LogP contribution in [0.5, 0.6) is 0 Å². The van der Waals surface area contributed by atoms with E-state index in [1.54, 1.807) is 0 Å². The average molecular weight is 581 g/mol. The molecule has 0 saturated carbocycles. The van der Waals surface area contributed by atoms with Crippen molar-refractivity contribution < 1.29 is 14.3 Å². The van der Waals surface area contributed by atoms with E-state index in [0.29, 0.717) is 18.5 Å². The van der Waals surface area contributed by atoms with E-state index in [2.05, 4.69) is 51.0 Å². The predicted octanol–water partition coefficient (Wildman–Crippen LogP) is 7.57. The number of carbonyl (C=O) groups is 2. The van der Waals surface area contributed by atoms with Crippen molar-refractivity contribution in [1.29, 1.82) is 0 Å². The smallest absolute Gasteiger partial charge is 0.407 e. The standard InChI is InChI=1S/C27H35Br2NO3/c1-26(2,16-17-33-25(32)30-20-21-10-5-4-6-11-21)14-7-8-15-27(3,24(31)19-28)22-12-9-13-23(29)18-22/h4-6,9-13,18H,7-8,14-17,19-20H2,1-3H3,(H,30,32). The van der Waals surface area contributed by atoms with E-state index in [0.717, 1.165) is 47.7 Å². The number of unbranched alkanes of at least 4 members (excludes halogenated alkanes) is 1. The highest BCUT2D eigenvalue weighted by atomic mass is 79.9. The molecule has 0 aliphatic carbocycles. The lowest BCUT2D eigenvalue weighted by molar-refractivity contribution is -0.121. The molecule has 0 fully saturated rings. The zero-order chi connectivity index (χ0) is 24.3. The minimum atomic E-state index is -0.503. The Hall–Kier alpha value is -1.66. The number of ketones is 1. The molecule has 33 heavy (non-hydrogen) atoms. The molecule has 2 aromatic rings. The number of nitrogens with one attached hydrogen (secondary N) is 1. The Morgan fingerprint density at radius 1 is 0.939 bits per heavy atom. The van der Waals surface area contributed by atoms with Gasteiger partial charge in [0.05, 0.1) is 17.4 Å². The van der Waals surface area contributed by atoms with Crippen LogP contribution in [0.3, 0.4) is 0 Å². The van der Waals surface area contributed by atoms with E-state index in [1.165, 1.54) is 0 Å². The average Bonchev–Trinajstić information content (AvgIpc) is 2.80. The molecule has 2 aromatic carbocycles. The Labute approximate surface area is 215 Å². The van der Waals surface area contributed by atoms with Gasteiger partial charge in [0.1, 0.15) is 0 Å². The Morgan fingerprint density at radius 3 is 2.30 bits per heavy atom. The molecule has 1 N–H and O–H groups in total. The maximum absolute atomic E-state index is 12.8. The fourth-order valence-corrected chi connectivity index (χ4v) is 4.89. The maximum Gasteiger partial charge on any atom is 0.407 e. The number of alkyl halides is 1. The minimum Gasteiger partial charge on any atom is -0.450 e. The Bertz CT molecular complexity index is 901. The number of benzene rings is 2. The van der Waals surface area contributed by atoms with Crippen molar-refractivity contribution in [2.45, 2.75) is 64.8 Å². The molecule has 1 amide bonds. The summed E-state index contributed by atoms with van der Waals surface area (Å²) in [7, 11) is 0. The van der Waals surface area contributed by atoms with Crippen LogP contribution >= 0.6 is 31.9 Å². The molecule has 0 aromatic heterocycles. The van der Waals surface area contributed by atoms with Gasteiger partial charge in [0.2, 0.25) is 0 Å². The van der Waals surface area contributed by atoms with Gasteiger partial charge in [0, 0.05) is 11.0 Å². The number of ether oxygens (including phenoxy) is 1. The second kappa shape index (κ2) is 13.3. The first-order valence-corrected chi connectivity index (χ1v) is 13.4. The molecule has 0 aliphatic heterocycles. The Balaban J connectivity index is 1.75. The first-order chi connectivity index (χ1) is 15.7. The van der Waals surface area contributed by atoms with E-state index in [-0.39, 0.29) is 17.3 Å². The van der Waals surface area contributed by atoms with Crippen molar-refractivity contribution in [3.63, 3.8) is 0 Å². The molecule has 0 spiro atoms. The molecule has 0 bridgehead atoms. The van der Waals surface area contributed by atoms with Crippen LogP contribution in [-0.2, 0) is 21.5 Å². The second-order valence-corrected chi connectivity index (χ2v) is 11.0. The van der Waals surface area contributed by atoms with Crippen molar-refractivity contribution in [1.82, 2.24) is 5.32 Å². The number of rotatable bonds is 13. The van der Waals surface area contributed by atoms with Gasteiger partial charge in [0.25, 0.3) is 0 Å². The lowest BCUT2D eigenvalue weighted by Gasteiger charge is -2.30. The van der Waals surface area contributed by atoms with E-state index >= 15 is 0 Å². The molecule has 180 valence electrons. The van der Waals surface area contributed by atoms with Gasteiger partial charge in [-0.15, -0.1) is 0 Å². The summed E-state index contributed by atoms with van der Waals surface area (Å²) in [6, 6.07) is 17.8. The molecule has 4 nitrogen and oxygen atoms in total. The van der Waals surface area contributed by atoms with Gasteiger partial charge in [0.15, 0.2) is 5.78 Å². The number of Topliss-reactive ketones (excluding diaryl/α,β-unsaturated/α-hetero) is 1. The summed E-state index contributed by atoms with van der Waals surface area (Å²) in [5.74, 6) is 0.203. The van der Waals surface area contributed by atoms with Gasteiger partial charge >= 0.3 is 6.09 Å². The van der Waals surface area contributed by atoms with Crippen molar-refractivity contribution >= 4 is 43.7 Å². The third kappa shape index (κ3) is 9.24. The number of carbonyl (C=O) groups excluding carboxylic acids is 2. The van der Waals surface area contributed by atoms with E-state index < -0.39 is 5.41 Å². The maximum atomic E-state index is 12.8. The van der Waals surface area contributed by atoms with Crippen LogP contribution in [0, 0.1) is 5.41 Å². The zero-order valence-corrected chi connectivity index (χ0v) is 23.0. The highest BCUT2D eigenvalue weighted by Gasteiger charge is 2.33. The molecule has 1 unspecified atom stereocenters. The van der Waals surface area contributed by atoms with Crippen molar-refractivity contribution in [3.8, 4) is 0 Å². The molecule has 0 radical (unpaired) electrons. The fraction of sp³-hybridized carbons (Fsp3) is 0.481. The number of halogens is 2. The zero-order valence-electron chi connectivity index (χ0n) is 19.8. The largest absolute Gasteiger partial charge is 0.450 e. The monoisotopic (exact) mass is 579 g/mol. The molecule has 6 heteroatoms. The van der Waals surface area contributed by atoms with Gasteiger partial charge in [-0.3, -0.25) is 4.79 Å². The van der Waals surface area contributed by atoms with Gasteiger partial charge in [-0.25, -0.2) is 4.79 Å². The van der Waals surface area contributed by atoms with Gasteiger partial charge in [-0.05, 0) is 54.9 Å². The first-order valence-electron chi connectivity index (χ1n) is 11.5. The van der Waals surface area contributed by atoms with Crippen LogP contribution in [0.15, 0.2) is 59.1 Å². The van der Waals surface area contributed by atoms with Crippen LogP contribution in [0.25, 0.3) is 0 Å². The lowest BCUT2D eigenvalue weighted by atomic mass is 9.74. The summed E-state index contributed by atoms with van der Waals surface area (Å²) in [6.45, 7) is 7.31. The van der Waals surface area contributed by atoms with E-state index in [9.17, 15) is 9.59 Å². The summed E-state index contributed by atoms with van der Waals surface area (Å²) in [5, 5.41) is 3.14. The Morgan fingerprint density at radius 2 is 1.64 bits per heavy atom. The SMILES string of the molecule is CC(C)(CCCCC(C)(C(=O)CBr)c1cccc(Br)c1)CCOC(=O)NCc1ccccc1. The first kappa shape index (κ1) is 27.6. The molecule has 0 heterocycles. The molecular weight excluding hydrogens is 546 g/mol. The van der Waals surface area contributed by atoms with Gasteiger partial charge < -0.3 is 10.1 Å². The number of alkyl carbamates (subject to hydrolysis) is 1. The number of hydrogen-bond donors (Lipinski definition) is 1. The van der Waals surface area contributed by atoms with Crippen LogP contribution in [0.1, 0.15) is 64.0 Å². The molecule has 2 rings (SSSR count). The van der Waals surface area contributed by atoms with Crippen LogP contribution < -0.4 is 5.32 Å². The Kier molecular flexibility index (Phi) is 11.1. The summed E-state index contributed by atoms with van der Waals surface area (Å²) in [5.41, 5.74) is 1.65. The molecular formula is C27H35Br2NO3. The van der Waals surface area contributed by atoms with E-state index in [4.69, 9.17) is 4.74 Å². The van der Waals surface area contributed by atoms with E-state index in [1.807, 2.05) is 61.5 Å². The minimum absolute atomic E-state index is 0.0608. The van der Waals surface area contributed by atoms with Crippen molar-refractivity contribution in [2.24, 2.45) is 5.41 Å². The summed E-state index contributed by atoms with van der Waals surface area (Å²) < 4.78 is 6.36. The fourth-order valence-electron chi connectivity index (χ4n) is 3.87. The highest BCUT2D eigenvalue weighted by molar-refractivity contribution is 9.10. The summed E-state index contributed by atoms with van der Waals surface area (Å²) in [4.78, 5) is 24.7. The van der Waals surface area contributed by atoms with Gasteiger partial charge in [-0.2, -0.15) is 0 Å². The summed E-state index contributed by atoms with van der Waals surface area (Å²) >= 11 is 6.89. The third-order valence-corrected chi connectivity index (χ3v) is 7.27. The quantitative estimate of drug-likeness (QED) is 0.196. The number of amides is 1. The van der Waals surface area contributed by atoms with Crippen molar-refractivity contribution in [3.05, 3.63) is 70.2 Å². The highest BCUT2D eigenvalue weighted by Crippen LogP contribution is 2.35. The second-order valence-electron chi connectivity index (χ2n) is 9.50. The summed E-state index contributed by atoms with van der Waals surface area (Å²) in [6.07, 6.45) is 4.22. The van der Waals surface area contributed by atoms with Crippen LogP contribution in [0.4, 0.5) is 4.79 Å². The van der Waals surface area contributed by atoms with Crippen LogP contribution in [0.2, 0.25) is 0 Å². The molecule has 0 aliphatic rings. The number of hydrogen-bond acceptors (Lipinski definition) is 3. The van der Waals surface area contributed by atoms with Crippen LogP contribution in [-0.4, -0.2) is 23.8 Å².